The quantitative estimate of drug-likeness (QED) is 0.633. The van der Waals surface area contributed by atoms with Gasteiger partial charge < -0.3 is 15.7 Å². The molecule has 1 amide bonds. The summed E-state index contributed by atoms with van der Waals surface area (Å²) in [4.78, 5) is 17.0. The Kier molecular flexibility index (Phi) is 5.06. The molecule has 2 aliphatic carbocycles. The molecule has 27 heavy (non-hydrogen) atoms. The summed E-state index contributed by atoms with van der Waals surface area (Å²) < 4.78 is 13.8. The van der Waals surface area contributed by atoms with Crippen molar-refractivity contribution in [3.63, 3.8) is 0 Å². The predicted octanol–water partition coefficient (Wildman–Crippen LogP) is 3.99. The van der Waals surface area contributed by atoms with E-state index >= 15 is 0 Å². The average molecular weight is 408 g/mol. The highest BCUT2D eigenvalue weighted by Gasteiger charge is 2.36. The Morgan fingerprint density at radius 3 is 2.93 bits per heavy atom. The molecule has 1 aromatic carbocycles. The minimum Gasteiger partial charge on any atom is -0.492 e. The predicted molar refractivity (Wildman–Crippen MR) is 104 cm³/mol. The molecular formula is C19H19ClFN3O2S. The van der Waals surface area contributed by atoms with Gasteiger partial charge in [-0.1, -0.05) is 41.2 Å². The van der Waals surface area contributed by atoms with Crippen LogP contribution in [0.25, 0.3) is 0 Å². The molecule has 0 aliphatic heterocycles. The van der Waals surface area contributed by atoms with Crippen LogP contribution in [0.4, 0.5) is 9.52 Å². The summed E-state index contributed by atoms with van der Waals surface area (Å²) in [5.41, 5.74) is -0.167. The van der Waals surface area contributed by atoms with Crippen molar-refractivity contribution < 1.29 is 14.3 Å². The van der Waals surface area contributed by atoms with E-state index in [1.54, 1.807) is 0 Å². The molecule has 0 radical (unpaired) electrons. The van der Waals surface area contributed by atoms with E-state index in [9.17, 15) is 14.3 Å². The van der Waals surface area contributed by atoms with Crippen molar-refractivity contribution in [3.05, 3.63) is 51.6 Å². The summed E-state index contributed by atoms with van der Waals surface area (Å²) in [7, 11) is 0. The van der Waals surface area contributed by atoms with Crippen LogP contribution in [0.1, 0.15) is 28.1 Å². The van der Waals surface area contributed by atoms with Crippen molar-refractivity contribution >= 4 is 34.0 Å². The van der Waals surface area contributed by atoms with Crippen molar-refractivity contribution in [2.24, 2.45) is 11.8 Å². The van der Waals surface area contributed by atoms with Gasteiger partial charge in [0.25, 0.3) is 5.91 Å². The van der Waals surface area contributed by atoms with Gasteiger partial charge in [0.15, 0.2) is 5.13 Å². The molecule has 3 atom stereocenters. The number of nitrogens with one attached hydrogen (secondary N) is 2. The second-order valence-electron chi connectivity index (χ2n) is 6.90. The summed E-state index contributed by atoms with van der Waals surface area (Å²) in [6.07, 6.45) is 7.21. The number of aromatic nitrogens is 1. The van der Waals surface area contributed by atoms with Gasteiger partial charge in [-0.3, -0.25) is 4.79 Å². The molecule has 2 aromatic rings. The van der Waals surface area contributed by atoms with Crippen molar-refractivity contribution in [2.75, 3.05) is 11.9 Å². The van der Waals surface area contributed by atoms with Gasteiger partial charge in [-0.05, 0) is 36.8 Å². The van der Waals surface area contributed by atoms with Crippen molar-refractivity contribution in [3.8, 4) is 5.88 Å². The fourth-order valence-corrected chi connectivity index (χ4v) is 4.93. The Balaban J connectivity index is 1.33. The number of halogens is 2. The fraction of sp³-hybridized carbons (Fsp3) is 0.368. The topological polar surface area (TPSA) is 74.2 Å². The summed E-state index contributed by atoms with van der Waals surface area (Å²) in [6.45, 7) is 0.246. The van der Waals surface area contributed by atoms with Crippen LogP contribution in [0.5, 0.6) is 5.88 Å². The number of fused-ring (bicyclic) bond motifs is 2. The lowest BCUT2D eigenvalue weighted by Gasteiger charge is -2.18. The van der Waals surface area contributed by atoms with Crippen molar-refractivity contribution in [1.82, 2.24) is 10.3 Å². The first-order valence-corrected chi connectivity index (χ1v) is 10.1. The number of hydrogen-bond acceptors (Lipinski definition) is 5. The summed E-state index contributed by atoms with van der Waals surface area (Å²) in [5.74, 6) is -0.0733. The molecule has 0 spiro atoms. The Morgan fingerprint density at radius 1 is 1.37 bits per heavy atom. The van der Waals surface area contributed by atoms with Crippen molar-refractivity contribution in [2.45, 2.75) is 25.3 Å². The highest BCUT2D eigenvalue weighted by Crippen LogP contribution is 2.41. The lowest BCUT2D eigenvalue weighted by Crippen LogP contribution is -2.26. The molecule has 3 unspecified atom stereocenters. The minimum atomic E-state index is -0.660. The van der Waals surface area contributed by atoms with Crippen LogP contribution >= 0.6 is 22.9 Å². The minimum absolute atomic E-state index is 0.0284. The highest BCUT2D eigenvalue weighted by atomic mass is 35.5. The number of nitrogens with zero attached hydrogens (tertiary/aromatic N) is 1. The Morgan fingerprint density at radius 2 is 2.22 bits per heavy atom. The number of anilines is 1. The van der Waals surface area contributed by atoms with Gasteiger partial charge in [-0.25, -0.2) is 4.39 Å². The van der Waals surface area contributed by atoms with E-state index in [1.165, 1.54) is 36.0 Å². The van der Waals surface area contributed by atoms with Crippen molar-refractivity contribution in [1.29, 1.82) is 0 Å². The van der Waals surface area contributed by atoms with E-state index in [0.29, 0.717) is 34.3 Å². The van der Waals surface area contributed by atoms with E-state index < -0.39 is 11.7 Å². The standard InChI is InChI=1S/C19H19ClFN3O2S/c20-12-2-1-3-13(21)16(12)18(26)22-7-6-15-17(25)24-19(27-15)23-14-9-10-4-5-11(14)8-10/h1-5,10-11,14,25H,6-9H2,(H,22,26)(H,23,24). The normalized spacial score (nSPS) is 23.0. The van der Waals surface area contributed by atoms with Crippen LogP contribution in [0.2, 0.25) is 5.02 Å². The van der Waals surface area contributed by atoms with Crippen LogP contribution in [-0.2, 0) is 6.42 Å². The lowest BCUT2D eigenvalue weighted by atomic mass is 10.0. The first-order valence-electron chi connectivity index (χ1n) is 8.87. The maximum atomic E-state index is 13.8. The third kappa shape index (κ3) is 3.80. The number of amides is 1. The molecule has 2 aliphatic rings. The molecule has 1 saturated carbocycles. The zero-order valence-electron chi connectivity index (χ0n) is 14.4. The number of carbonyl (C=O) groups excluding carboxylic acids is 1. The third-order valence-corrected chi connectivity index (χ3v) is 6.44. The Labute approximate surface area is 165 Å². The van der Waals surface area contributed by atoms with Crippen LogP contribution in [0.3, 0.4) is 0 Å². The van der Waals surface area contributed by atoms with E-state index in [1.807, 2.05) is 0 Å². The van der Waals surface area contributed by atoms with Crippen LogP contribution in [0.15, 0.2) is 30.4 Å². The van der Waals surface area contributed by atoms with Crippen LogP contribution in [-0.4, -0.2) is 28.6 Å². The number of rotatable bonds is 6. The number of thiazole rings is 1. The molecule has 1 heterocycles. The SMILES string of the molecule is O=C(NCCc1sc(NC2CC3C=CC2C3)nc1O)c1c(F)cccc1Cl. The molecule has 1 aromatic heterocycles. The summed E-state index contributed by atoms with van der Waals surface area (Å²) in [6, 6.07) is 4.47. The summed E-state index contributed by atoms with van der Waals surface area (Å²) >= 11 is 7.27. The van der Waals surface area contributed by atoms with E-state index in [0.717, 1.165) is 6.42 Å². The number of carbonyl (C=O) groups is 1. The van der Waals surface area contributed by atoms with Gasteiger partial charge in [0.2, 0.25) is 5.88 Å². The monoisotopic (exact) mass is 407 g/mol. The number of aromatic hydroxyl groups is 1. The highest BCUT2D eigenvalue weighted by molar-refractivity contribution is 7.15. The fourth-order valence-electron chi connectivity index (χ4n) is 3.77. The first-order chi connectivity index (χ1) is 13.0. The molecule has 3 N–H and O–H groups in total. The smallest absolute Gasteiger partial charge is 0.255 e. The summed E-state index contributed by atoms with van der Waals surface area (Å²) in [5, 5.41) is 16.9. The number of benzene rings is 1. The van der Waals surface area contributed by atoms with Gasteiger partial charge in [-0.2, -0.15) is 4.98 Å². The van der Waals surface area contributed by atoms with Gasteiger partial charge >= 0.3 is 0 Å². The van der Waals surface area contributed by atoms with E-state index in [-0.39, 0.29) is 23.0 Å². The maximum absolute atomic E-state index is 13.8. The van der Waals surface area contributed by atoms with Crippen LogP contribution in [0, 0.1) is 17.7 Å². The van der Waals surface area contributed by atoms with Gasteiger partial charge in [0, 0.05) is 19.0 Å². The lowest BCUT2D eigenvalue weighted by molar-refractivity contribution is 0.0950. The average Bonchev–Trinajstić information content (AvgIpc) is 3.31. The molecular weight excluding hydrogens is 389 g/mol. The number of hydrogen-bond donors (Lipinski definition) is 3. The second kappa shape index (κ2) is 7.48. The zero-order valence-corrected chi connectivity index (χ0v) is 16.0. The van der Waals surface area contributed by atoms with Gasteiger partial charge in [0.1, 0.15) is 5.82 Å². The molecule has 2 bridgehead atoms. The molecule has 0 saturated heterocycles. The molecule has 8 heteroatoms. The molecule has 1 fully saturated rings. The van der Waals surface area contributed by atoms with E-state index in [4.69, 9.17) is 11.6 Å². The van der Waals surface area contributed by atoms with E-state index in [2.05, 4.69) is 27.8 Å². The maximum Gasteiger partial charge on any atom is 0.255 e. The third-order valence-electron chi connectivity index (χ3n) is 5.09. The Hall–Kier alpha value is -2.12. The molecule has 142 valence electrons. The number of allylic oxidation sites excluding steroid dienone is 1. The first kappa shape index (κ1) is 18.3. The van der Waals surface area contributed by atoms with Gasteiger partial charge in [-0.15, -0.1) is 0 Å². The second-order valence-corrected chi connectivity index (χ2v) is 8.39. The Bertz CT molecular complexity index is 881. The molecule has 4 rings (SSSR count). The van der Waals surface area contributed by atoms with Gasteiger partial charge in [0.05, 0.1) is 15.5 Å². The zero-order chi connectivity index (χ0) is 19.0. The largest absolute Gasteiger partial charge is 0.492 e. The molecule has 5 nitrogen and oxygen atoms in total. The van der Waals surface area contributed by atoms with Crippen LogP contribution < -0.4 is 10.6 Å².